The maximum atomic E-state index is 13.9. The molecule has 2 rings (SSSR count). The molecule has 20 heavy (non-hydrogen) atoms. The number of benzene rings is 1. The number of ether oxygens (including phenoxy) is 1. The smallest absolute Gasteiger partial charge is 0.165 e. The molecule has 108 valence electrons. The summed E-state index contributed by atoms with van der Waals surface area (Å²) in [4.78, 5) is 0. The highest BCUT2D eigenvalue weighted by Crippen LogP contribution is 2.48. The molecule has 1 aliphatic carbocycles. The van der Waals surface area contributed by atoms with Crippen LogP contribution in [0.3, 0.4) is 0 Å². The third-order valence-corrected chi connectivity index (χ3v) is 3.66. The van der Waals surface area contributed by atoms with E-state index in [9.17, 15) is 4.39 Å². The summed E-state index contributed by atoms with van der Waals surface area (Å²) in [5, 5.41) is 12.0. The van der Waals surface area contributed by atoms with Gasteiger partial charge in [0.1, 0.15) is 0 Å². The number of nitrogens with one attached hydrogen (secondary N) is 1. The van der Waals surface area contributed by atoms with Crippen molar-refractivity contribution < 1.29 is 9.13 Å². The molecule has 0 amide bonds. The second kappa shape index (κ2) is 6.23. The lowest BCUT2D eigenvalue weighted by Gasteiger charge is -2.14. The van der Waals surface area contributed by atoms with Crippen LogP contribution in [-0.4, -0.2) is 12.6 Å². The van der Waals surface area contributed by atoms with E-state index >= 15 is 0 Å². The van der Waals surface area contributed by atoms with E-state index in [1.807, 2.05) is 6.07 Å². The summed E-state index contributed by atoms with van der Waals surface area (Å²) in [6.07, 6.45) is 2.49. The number of hydrogen-bond acceptors (Lipinski definition) is 3. The molecule has 1 aliphatic rings. The zero-order valence-corrected chi connectivity index (χ0v) is 12.1. The van der Waals surface area contributed by atoms with Crippen molar-refractivity contribution >= 4 is 0 Å². The van der Waals surface area contributed by atoms with Crippen LogP contribution in [0, 0.1) is 22.6 Å². The number of nitriles is 1. The van der Waals surface area contributed by atoms with Crippen LogP contribution in [0.5, 0.6) is 5.75 Å². The highest BCUT2D eigenvalue weighted by atomic mass is 19.1. The second-order valence-corrected chi connectivity index (χ2v) is 5.92. The third-order valence-electron chi connectivity index (χ3n) is 3.66. The first-order chi connectivity index (χ1) is 9.54. The Morgan fingerprint density at radius 1 is 1.45 bits per heavy atom. The quantitative estimate of drug-likeness (QED) is 0.830. The molecule has 0 aromatic heterocycles. The molecule has 0 aliphatic heterocycles. The van der Waals surface area contributed by atoms with Crippen LogP contribution in [0.15, 0.2) is 18.2 Å². The maximum Gasteiger partial charge on any atom is 0.165 e. The van der Waals surface area contributed by atoms with E-state index in [1.54, 1.807) is 6.07 Å². The fourth-order valence-corrected chi connectivity index (χ4v) is 2.04. The molecule has 1 aromatic carbocycles. The minimum atomic E-state index is -0.333. The van der Waals surface area contributed by atoms with Gasteiger partial charge in [-0.2, -0.15) is 5.26 Å². The molecule has 1 aromatic rings. The number of nitrogens with zero attached hydrogens (tertiary/aromatic N) is 1. The van der Waals surface area contributed by atoms with Crippen molar-refractivity contribution in [2.45, 2.75) is 45.7 Å². The summed E-state index contributed by atoms with van der Waals surface area (Å²) in [7, 11) is 0. The predicted octanol–water partition coefficient (Wildman–Crippen LogP) is 3.40. The minimum absolute atomic E-state index is 0.0287. The van der Waals surface area contributed by atoms with Crippen LogP contribution < -0.4 is 10.1 Å². The van der Waals surface area contributed by atoms with Gasteiger partial charge in [0.25, 0.3) is 0 Å². The van der Waals surface area contributed by atoms with E-state index < -0.39 is 0 Å². The molecule has 1 saturated carbocycles. The van der Waals surface area contributed by atoms with Crippen molar-refractivity contribution in [2.75, 3.05) is 6.61 Å². The summed E-state index contributed by atoms with van der Waals surface area (Å²) in [6, 6.07) is 7.60. The molecule has 0 unspecified atom stereocenters. The van der Waals surface area contributed by atoms with Crippen LogP contribution in [0.4, 0.5) is 4.39 Å². The molecule has 1 fully saturated rings. The van der Waals surface area contributed by atoms with Gasteiger partial charge < -0.3 is 10.1 Å². The van der Waals surface area contributed by atoms with Crippen molar-refractivity contribution in [3.63, 3.8) is 0 Å². The summed E-state index contributed by atoms with van der Waals surface area (Å²) < 4.78 is 19.5. The highest BCUT2D eigenvalue weighted by molar-refractivity contribution is 5.29. The standard InChI is InChI=1S/C16H21FN2O/c1-12(2)19-10-13-3-4-15(14(17)9-13)20-11-16(5-6-16)7-8-18/h3-4,9,12,19H,5-7,10-11H2,1-2H3. The molecule has 0 radical (unpaired) electrons. The van der Waals surface area contributed by atoms with Crippen LogP contribution >= 0.6 is 0 Å². The molecular weight excluding hydrogens is 255 g/mol. The Morgan fingerprint density at radius 3 is 2.75 bits per heavy atom. The van der Waals surface area contributed by atoms with Gasteiger partial charge in [0.2, 0.25) is 0 Å². The lowest BCUT2D eigenvalue weighted by atomic mass is 10.1. The first-order valence-corrected chi connectivity index (χ1v) is 7.06. The zero-order chi connectivity index (χ0) is 14.6. The average Bonchev–Trinajstić information content (AvgIpc) is 3.16. The summed E-state index contributed by atoms with van der Waals surface area (Å²) in [5.74, 6) is -0.0525. The third kappa shape index (κ3) is 3.94. The first kappa shape index (κ1) is 14.8. The minimum Gasteiger partial charge on any atom is -0.490 e. The van der Waals surface area contributed by atoms with Gasteiger partial charge >= 0.3 is 0 Å². The van der Waals surface area contributed by atoms with E-state index in [4.69, 9.17) is 10.00 Å². The van der Waals surface area contributed by atoms with Gasteiger partial charge in [0, 0.05) is 24.4 Å². The Balaban J connectivity index is 1.91. The van der Waals surface area contributed by atoms with Gasteiger partial charge in [-0.15, -0.1) is 0 Å². The largest absolute Gasteiger partial charge is 0.490 e. The van der Waals surface area contributed by atoms with Gasteiger partial charge in [0.05, 0.1) is 12.7 Å². The lowest BCUT2D eigenvalue weighted by molar-refractivity contribution is 0.227. The fraction of sp³-hybridized carbons (Fsp3) is 0.562. The van der Waals surface area contributed by atoms with Crippen molar-refractivity contribution in [3.05, 3.63) is 29.6 Å². The van der Waals surface area contributed by atoms with E-state index in [0.29, 0.717) is 25.6 Å². The van der Waals surface area contributed by atoms with Crippen LogP contribution in [-0.2, 0) is 6.54 Å². The Labute approximate surface area is 119 Å². The second-order valence-electron chi connectivity index (χ2n) is 5.92. The Morgan fingerprint density at radius 2 is 2.20 bits per heavy atom. The van der Waals surface area contributed by atoms with Gasteiger partial charge in [-0.3, -0.25) is 0 Å². The monoisotopic (exact) mass is 276 g/mol. The van der Waals surface area contributed by atoms with Gasteiger partial charge in [0.15, 0.2) is 11.6 Å². The molecule has 0 saturated heterocycles. The van der Waals surface area contributed by atoms with Crippen molar-refractivity contribution in [3.8, 4) is 11.8 Å². The highest BCUT2D eigenvalue weighted by Gasteiger charge is 2.43. The average molecular weight is 276 g/mol. The van der Waals surface area contributed by atoms with E-state index in [0.717, 1.165) is 18.4 Å². The van der Waals surface area contributed by atoms with E-state index in [1.165, 1.54) is 6.07 Å². The molecule has 3 nitrogen and oxygen atoms in total. The van der Waals surface area contributed by atoms with Crippen LogP contribution in [0.25, 0.3) is 0 Å². The molecule has 0 atom stereocenters. The van der Waals surface area contributed by atoms with Crippen molar-refractivity contribution in [1.29, 1.82) is 5.26 Å². The number of rotatable bonds is 7. The molecule has 0 heterocycles. The normalized spacial score (nSPS) is 15.9. The summed E-state index contributed by atoms with van der Waals surface area (Å²) in [5.41, 5.74) is 0.876. The van der Waals surface area contributed by atoms with E-state index in [-0.39, 0.29) is 17.0 Å². The lowest BCUT2D eigenvalue weighted by Crippen LogP contribution is -2.21. The molecule has 0 bridgehead atoms. The zero-order valence-electron chi connectivity index (χ0n) is 12.1. The summed E-state index contributed by atoms with van der Waals surface area (Å²) in [6.45, 7) is 5.19. The molecular formula is C16H21FN2O. The van der Waals surface area contributed by atoms with Crippen LogP contribution in [0.1, 0.15) is 38.7 Å². The fourth-order valence-electron chi connectivity index (χ4n) is 2.04. The van der Waals surface area contributed by atoms with Gasteiger partial charge in [-0.05, 0) is 30.5 Å². The Hall–Kier alpha value is -1.60. The topological polar surface area (TPSA) is 45.0 Å². The molecule has 1 N–H and O–H groups in total. The van der Waals surface area contributed by atoms with Crippen LogP contribution in [0.2, 0.25) is 0 Å². The predicted molar refractivity (Wildman–Crippen MR) is 75.8 cm³/mol. The molecule has 4 heteroatoms. The van der Waals surface area contributed by atoms with Gasteiger partial charge in [-0.1, -0.05) is 19.9 Å². The maximum absolute atomic E-state index is 13.9. The molecule has 0 spiro atoms. The van der Waals surface area contributed by atoms with Crippen molar-refractivity contribution in [2.24, 2.45) is 5.41 Å². The first-order valence-electron chi connectivity index (χ1n) is 7.06. The number of hydrogen-bond donors (Lipinski definition) is 1. The van der Waals surface area contributed by atoms with Crippen molar-refractivity contribution in [1.82, 2.24) is 5.32 Å². The summed E-state index contributed by atoms with van der Waals surface area (Å²) >= 11 is 0. The number of halogens is 1. The Kier molecular flexibility index (Phi) is 4.61. The Bertz CT molecular complexity index is 504. The SMILES string of the molecule is CC(C)NCc1ccc(OCC2(CC#N)CC2)c(F)c1. The van der Waals surface area contributed by atoms with E-state index in [2.05, 4.69) is 25.2 Å². The van der Waals surface area contributed by atoms with Gasteiger partial charge in [-0.25, -0.2) is 4.39 Å².